The van der Waals surface area contributed by atoms with E-state index < -0.39 is 5.97 Å². The maximum absolute atomic E-state index is 12.7. The summed E-state index contributed by atoms with van der Waals surface area (Å²) in [6, 6.07) is 10.4. The number of esters is 1. The molecule has 7 heteroatoms. The fraction of sp³-hybridized carbons (Fsp3) is 0.211. The number of aromatic nitrogens is 2. The Hall–Kier alpha value is -2.93. The lowest BCUT2D eigenvalue weighted by molar-refractivity contribution is 0.0600. The lowest BCUT2D eigenvalue weighted by atomic mass is 10.2. The van der Waals surface area contributed by atoms with Gasteiger partial charge in [0.05, 0.1) is 18.4 Å². The molecule has 0 aliphatic heterocycles. The SMILES string of the molecule is CCCc1nc(-n2cccc2)sc1C(=O)Nc1ccc(C(=O)OC)cc1. The van der Waals surface area contributed by atoms with Crippen LogP contribution in [0.15, 0.2) is 48.8 Å². The lowest BCUT2D eigenvalue weighted by Crippen LogP contribution is -2.12. The second kappa shape index (κ2) is 7.97. The molecule has 0 bridgehead atoms. The summed E-state index contributed by atoms with van der Waals surface area (Å²) in [5, 5.41) is 3.64. The number of carbonyl (C=O) groups excluding carboxylic acids is 2. The summed E-state index contributed by atoms with van der Waals surface area (Å²) in [7, 11) is 1.33. The molecular formula is C19H19N3O3S. The number of hydrogen-bond acceptors (Lipinski definition) is 5. The summed E-state index contributed by atoms with van der Waals surface area (Å²) < 4.78 is 6.57. The molecule has 0 saturated carbocycles. The molecular weight excluding hydrogens is 350 g/mol. The molecule has 0 aliphatic rings. The third kappa shape index (κ3) is 3.83. The minimum absolute atomic E-state index is 0.199. The van der Waals surface area contributed by atoms with Crippen molar-refractivity contribution in [1.29, 1.82) is 0 Å². The molecule has 2 heterocycles. The number of nitrogens with zero attached hydrogens (tertiary/aromatic N) is 2. The Morgan fingerprint density at radius 1 is 1.19 bits per heavy atom. The van der Waals surface area contributed by atoms with Crippen LogP contribution in [0.4, 0.5) is 5.69 Å². The zero-order valence-corrected chi connectivity index (χ0v) is 15.4. The largest absolute Gasteiger partial charge is 0.465 e. The Bertz CT molecular complexity index is 899. The van der Waals surface area contributed by atoms with Crippen LogP contribution < -0.4 is 5.32 Å². The van der Waals surface area contributed by atoms with E-state index in [0.717, 1.165) is 23.7 Å². The molecule has 3 aromatic rings. The third-order valence-corrected chi connectivity index (χ3v) is 4.88. The van der Waals surface area contributed by atoms with E-state index in [-0.39, 0.29) is 5.91 Å². The van der Waals surface area contributed by atoms with Crippen molar-refractivity contribution in [2.75, 3.05) is 12.4 Å². The van der Waals surface area contributed by atoms with Gasteiger partial charge < -0.3 is 14.6 Å². The van der Waals surface area contributed by atoms with Gasteiger partial charge in [-0.2, -0.15) is 0 Å². The Morgan fingerprint density at radius 3 is 2.50 bits per heavy atom. The first-order valence-corrected chi connectivity index (χ1v) is 9.06. The highest BCUT2D eigenvalue weighted by atomic mass is 32.1. The summed E-state index contributed by atoms with van der Waals surface area (Å²) in [5.74, 6) is -0.609. The van der Waals surface area contributed by atoms with Crippen molar-refractivity contribution in [3.63, 3.8) is 0 Å². The number of thiazole rings is 1. The summed E-state index contributed by atoms with van der Waals surface area (Å²) in [6.07, 6.45) is 5.45. The number of ether oxygens (including phenoxy) is 1. The van der Waals surface area contributed by atoms with Gasteiger partial charge in [-0.3, -0.25) is 4.79 Å². The standard InChI is InChI=1S/C19H19N3O3S/c1-3-6-15-16(26-19(21-15)22-11-4-5-12-22)17(23)20-14-9-7-13(8-10-14)18(24)25-2/h4-5,7-12H,3,6H2,1-2H3,(H,20,23). The molecule has 2 aromatic heterocycles. The number of carbonyl (C=O) groups is 2. The van der Waals surface area contributed by atoms with Crippen molar-refractivity contribution in [3.05, 3.63) is 64.9 Å². The van der Waals surface area contributed by atoms with Crippen molar-refractivity contribution in [3.8, 4) is 5.13 Å². The maximum Gasteiger partial charge on any atom is 0.337 e. The van der Waals surface area contributed by atoms with Crippen LogP contribution in [0.3, 0.4) is 0 Å². The van der Waals surface area contributed by atoms with E-state index in [1.165, 1.54) is 18.4 Å². The predicted octanol–water partition coefficient (Wildman–Crippen LogP) is 3.93. The highest BCUT2D eigenvalue weighted by Crippen LogP contribution is 2.25. The number of amides is 1. The number of rotatable bonds is 6. The number of aryl methyl sites for hydroxylation is 1. The fourth-order valence-corrected chi connectivity index (χ4v) is 3.47. The van der Waals surface area contributed by atoms with Crippen LogP contribution in [0.5, 0.6) is 0 Å². The molecule has 0 spiro atoms. The molecule has 0 atom stereocenters. The minimum atomic E-state index is -0.410. The van der Waals surface area contributed by atoms with E-state index in [1.807, 2.05) is 29.1 Å². The monoisotopic (exact) mass is 369 g/mol. The van der Waals surface area contributed by atoms with E-state index in [1.54, 1.807) is 24.3 Å². The Kier molecular flexibility index (Phi) is 5.48. The number of nitrogens with one attached hydrogen (secondary N) is 1. The van der Waals surface area contributed by atoms with Crippen molar-refractivity contribution < 1.29 is 14.3 Å². The van der Waals surface area contributed by atoms with Crippen molar-refractivity contribution in [2.45, 2.75) is 19.8 Å². The molecule has 26 heavy (non-hydrogen) atoms. The van der Waals surface area contributed by atoms with Gasteiger partial charge in [-0.1, -0.05) is 24.7 Å². The van der Waals surface area contributed by atoms with Crippen molar-refractivity contribution in [2.24, 2.45) is 0 Å². The van der Waals surface area contributed by atoms with Gasteiger partial charge in [0.2, 0.25) is 0 Å². The van der Waals surface area contributed by atoms with Crippen LogP contribution >= 0.6 is 11.3 Å². The van der Waals surface area contributed by atoms with Crippen LogP contribution in [0.25, 0.3) is 5.13 Å². The fourth-order valence-electron chi connectivity index (χ4n) is 2.49. The number of methoxy groups -OCH3 is 1. The Morgan fingerprint density at radius 2 is 1.88 bits per heavy atom. The van der Waals surface area contributed by atoms with Crippen LogP contribution in [0.2, 0.25) is 0 Å². The van der Waals surface area contributed by atoms with E-state index in [9.17, 15) is 9.59 Å². The van der Waals surface area contributed by atoms with Gasteiger partial charge in [-0.05, 0) is 42.8 Å². The third-order valence-electron chi connectivity index (χ3n) is 3.77. The van der Waals surface area contributed by atoms with Gasteiger partial charge in [0.1, 0.15) is 4.88 Å². The smallest absolute Gasteiger partial charge is 0.337 e. The minimum Gasteiger partial charge on any atom is -0.465 e. The van der Waals surface area contributed by atoms with E-state index in [0.29, 0.717) is 16.1 Å². The molecule has 0 unspecified atom stereocenters. The van der Waals surface area contributed by atoms with Gasteiger partial charge in [-0.25, -0.2) is 9.78 Å². The zero-order valence-electron chi connectivity index (χ0n) is 14.6. The lowest BCUT2D eigenvalue weighted by Gasteiger charge is -2.06. The van der Waals surface area contributed by atoms with E-state index in [4.69, 9.17) is 0 Å². The average molecular weight is 369 g/mol. The molecule has 1 amide bonds. The maximum atomic E-state index is 12.7. The van der Waals surface area contributed by atoms with Crippen molar-refractivity contribution in [1.82, 2.24) is 9.55 Å². The first kappa shape index (κ1) is 17.9. The Balaban J connectivity index is 1.81. The molecule has 0 fully saturated rings. The molecule has 0 saturated heterocycles. The van der Waals surface area contributed by atoms with Crippen LogP contribution in [0.1, 0.15) is 39.1 Å². The second-order valence-corrected chi connectivity index (χ2v) is 6.61. The molecule has 3 rings (SSSR count). The predicted molar refractivity (Wildman–Crippen MR) is 101 cm³/mol. The van der Waals surface area contributed by atoms with Crippen molar-refractivity contribution >= 4 is 28.9 Å². The zero-order chi connectivity index (χ0) is 18.5. The molecule has 134 valence electrons. The second-order valence-electron chi connectivity index (χ2n) is 5.64. The molecule has 0 aliphatic carbocycles. The highest BCUT2D eigenvalue weighted by Gasteiger charge is 2.18. The summed E-state index contributed by atoms with van der Waals surface area (Å²) in [4.78, 5) is 29.4. The van der Waals surface area contributed by atoms with Gasteiger partial charge in [0, 0.05) is 18.1 Å². The summed E-state index contributed by atoms with van der Waals surface area (Å²) >= 11 is 1.36. The van der Waals surface area contributed by atoms with Crippen LogP contribution in [-0.2, 0) is 11.2 Å². The topological polar surface area (TPSA) is 73.2 Å². The first-order chi connectivity index (χ1) is 12.6. The number of anilines is 1. The average Bonchev–Trinajstić information content (AvgIpc) is 3.31. The van der Waals surface area contributed by atoms with E-state index in [2.05, 4.69) is 22.0 Å². The summed E-state index contributed by atoms with van der Waals surface area (Å²) in [5.41, 5.74) is 1.84. The van der Waals surface area contributed by atoms with Gasteiger partial charge in [0.25, 0.3) is 5.91 Å². The summed E-state index contributed by atoms with van der Waals surface area (Å²) in [6.45, 7) is 2.06. The normalized spacial score (nSPS) is 10.5. The first-order valence-electron chi connectivity index (χ1n) is 8.25. The molecule has 0 radical (unpaired) electrons. The van der Waals surface area contributed by atoms with Crippen LogP contribution in [0, 0.1) is 0 Å². The number of benzene rings is 1. The highest BCUT2D eigenvalue weighted by molar-refractivity contribution is 7.16. The quantitative estimate of drug-likeness (QED) is 0.668. The molecule has 6 nitrogen and oxygen atoms in total. The van der Waals surface area contributed by atoms with Crippen LogP contribution in [-0.4, -0.2) is 28.5 Å². The Labute approximate surface area is 155 Å². The van der Waals surface area contributed by atoms with E-state index >= 15 is 0 Å². The number of hydrogen-bond donors (Lipinski definition) is 1. The van der Waals surface area contributed by atoms with Gasteiger partial charge >= 0.3 is 5.97 Å². The molecule has 1 N–H and O–H groups in total. The van der Waals surface area contributed by atoms with Gasteiger partial charge in [-0.15, -0.1) is 0 Å². The van der Waals surface area contributed by atoms with Gasteiger partial charge in [0.15, 0.2) is 5.13 Å². The molecule has 1 aromatic carbocycles.